The Labute approximate surface area is 142 Å². The van der Waals surface area contributed by atoms with Crippen LogP contribution in [0.2, 0.25) is 0 Å². The van der Waals surface area contributed by atoms with E-state index in [9.17, 15) is 9.59 Å². The zero-order chi connectivity index (χ0) is 17.1. The van der Waals surface area contributed by atoms with E-state index in [2.05, 4.69) is 10.5 Å². The molecule has 6 nitrogen and oxygen atoms in total. The molecule has 6 heteroatoms. The van der Waals surface area contributed by atoms with Crippen LogP contribution in [0.25, 0.3) is 0 Å². The Morgan fingerprint density at radius 1 is 1.25 bits per heavy atom. The second-order valence-electron chi connectivity index (χ2n) is 7.26. The largest absolute Gasteiger partial charge is 0.360 e. The molecule has 0 aromatic carbocycles. The van der Waals surface area contributed by atoms with Gasteiger partial charge >= 0.3 is 0 Å². The van der Waals surface area contributed by atoms with Crippen LogP contribution in [0.15, 0.2) is 10.6 Å². The fourth-order valence-corrected chi connectivity index (χ4v) is 3.69. The number of likely N-dealkylation sites (tertiary alicyclic amines) is 1. The Kier molecular flexibility index (Phi) is 5.21. The van der Waals surface area contributed by atoms with E-state index in [1.807, 2.05) is 18.7 Å². The highest BCUT2D eigenvalue weighted by atomic mass is 16.5. The zero-order valence-corrected chi connectivity index (χ0v) is 14.6. The SMILES string of the molecule is CC(C)c1cc(C(=O)N[C@H]2CCCN(C3CCCCC3)C2=O)no1. The number of carbonyl (C=O) groups excluding carboxylic acids is 2. The smallest absolute Gasteiger partial charge is 0.274 e. The number of piperidine rings is 1. The van der Waals surface area contributed by atoms with E-state index in [1.54, 1.807) is 6.07 Å². The molecule has 24 heavy (non-hydrogen) atoms. The maximum Gasteiger partial charge on any atom is 0.274 e. The average molecular weight is 333 g/mol. The highest BCUT2D eigenvalue weighted by Crippen LogP contribution is 2.26. The van der Waals surface area contributed by atoms with Crippen molar-refractivity contribution in [3.8, 4) is 0 Å². The summed E-state index contributed by atoms with van der Waals surface area (Å²) in [6.07, 6.45) is 7.47. The first-order valence-corrected chi connectivity index (χ1v) is 9.14. The minimum Gasteiger partial charge on any atom is -0.360 e. The number of hydrogen-bond donors (Lipinski definition) is 1. The molecule has 1 N–H and O–H groups in total. The lowest BCUT2D eigenvalue weighted by atomic mass is 9.91. The molecule has 1 saturated heterocycles. The number of nitrogens with zero attached hydrogens (tertiary/aromatic N) is 2. The van der Waals surface area contributed by atoms with Crippen molar-refractivity contribution in [1.29, 1.82) is 0 Å². The third-order valence-corrected chi connectivity index (χ3v) is 5.12. The summed E-state index contributed by atoms with van der Waals surface area (Å²) in [4.78, 5) is 27.1. The third kappa shape index (κ3) is 3.62. The van der Waals surface area contributed by atoms with Crippen molar-refractivity contribution in [3.63, 3.8) is 0 Å². The van der Waals surface area contributed by atoms with E-state index in [0.717, 1.165) is 25.8 Å². The summed E-state index contributed by atoms with van der Waals surface area (Å²) in [6.45, 7) is 4.78. The summed E-state index contributed by atoms with van der Waals surface area (Å²) >= 11 is 0. The Morgan fingerprint density at radius 2 is 2.00 bits per heavy atom. The van der Waals surface area contributed by atoms with Crippen LogP contribution in [0.5, 0.6) is 0 Å². The van der Waals surface area contributed by atoms with Crippen molar-refractivity contribution in [2.45, 2.75) is 76.8 Å². The molecule has 1 atom stereocenters. The third-order valence-electron chi connectivity index (χ3n) is 5.12. The van der Waals surface area contributed by atoms with Gasteiger partial charge in [-0.3, -0.25) is 9.59 Å². The summed E-state index contributed by atoms with van der Waals surface area (Å²) in [6, 6.07) is 1.57. The van der Waals surface area contributed by atoms with Crippen LogP contribution in [0, 0.1) is 0 Å². The number of carbonyl (C=O) groups is 2. The van der Waals surface area contributed by atoms with Crippen LogP contribution >= 0.6 is 0 Å². The van der Waals surface area contributed by atoms with Gasteiger partial charge in [0.2, 0.25) is 5.91 Å². The van der Waals surface area contributed by atoms with Gasteiger partial charge in [0.05, 0.1) is 0 Å². The second-order valence-corrected chi connectivity index (χ2v) is 7.26. The van der Waals surface area contributed by atoms with Crippen LogP contribution in [0.4, 0.5) is 0 Å². The van der Waals surface area contributed by atoms with Crippen molar-refractivity contribution in [2.24, 2.45) is 0 Å². The molecule has 2 aliphatic rings. The lowest BCUT2D eigenvalue weighted by Crippen LogP contribution is -2.55. The Bertz CT molecular complexity index is 590. The number of nitrogens with one attached hydrogen (secondary N) is 1. The highest BCUT2D eigenvalue weighted by Gasteiger charge is 2.34. The van der Waals surface area contributed by atoms with Gasteiger partial charge in [-0.15, -0.1) is 0 Å². The van der Waals surface area contributed by atoms with Gasteiger partial charge in [0, 0.05) is 24.6 Å². The van der Waals surface area contributed by atoms with Gasteiger partial charge in [0.25, 0.3) is 5.91 Å². The van der Waals surface area contributed by atoms with Gasteiger partial charge in [0.15, 0.2) is 5.69 Å². The minimum absolute atomic E-state index is 0.0640. The topological polar surface area (TPSA) is 75.4 Å². The Hall–Kier alpha value is -1.85. The fraction of sp³-hybridized carbons (Fsp3) is 0.722. The zero-order valence-electron chi connectivity index (χ0n) is 14.6. The van der Waals surface area contributed by atoms with Crippen molar-refractivity contribution in [1.82, 2.24) is 15.4 Å². The predicted molar refractivity (Wildman–Crippen MR) is 89.7 cm³/mol. The highest BCUT2D eigenvalue weighted by molar-refractivity contribution is 5.96. The van der Waals surface area contributed by atoms with Gasteiger partial charge in [-0.05, 0) is 25.7 Å². The molecule has 0 spiro atoms. The quantitative estimate of drug-likeness (QED) is 0.919. The van der Waals surface area contributed by atoms with E-state index < -0.39 is 6.04 Å². The molecule has 2 fully saturated rings. The summed E-state index contributed by atoms with van der Waals surface area (Å²) in [5, 5.41) is 6.68. The van der Waals surface area contributed by atoms with Crippen LogP contribution in [0.3, 0.4) is 0 Å². The van der Waals surface area contributed by atoms with Gasteiger partial charge < -0.3 is 14.7 Å². The molecule has 1 aromatic heterocycles. The van der Waals surface area contributed by atoms with Crippen molar-refractivity contribution in [3.05, 3.63) is 17.5 Å². The molecule has 0 bridgehead atoms. The molecule has 1 aliphatic heterocycles. The predicted octanol–water partition coefficient (Wildman–Crippen LogP) is 2.85. The summed E-state index contributed by atoms with van der Waals surface area (Å²) < 4.78 is 5.17. The first-order chi connectivity index (χ1) is 11.6. The maximum absolute atomic E-state index is 12.8. The molecule has 3 rings (SSSR count). The lowest BCUT2D eigenvalue weighted by molar-refractivity contribution is -0.139. The fourth-order valence-electron chi connectivity index (χ4n) is 3.69. The van der Waals surface area contributed by atoms with E-state index in [-0.39, 0.29) is 23.4 Å². The molecule has 1 aliphatic carbocycles. The van der Waals surface area contributed by atoms with E-state index in [4.69, 9.17) is 4.52 Å². The van der Waals surface area contributed by atoms with E-state index in [0.29, 0.717) is 18.2 Å². The standard InChI is InChI=1S/C18H27N3O3/c1-12(2)16-11-15(20-24-16)17(22)19-14-9-6-10-21(18(14)23)13-7-4-3-5-8-13/h11-14H,3-10H2,1-2H3,(H,19,22)/t14-/m0/s1. The first-order valence-electron chi connectivity index (χ1n) is 9.14. The van der Waals surface area contributed by atoms with Crippen LogP contribution in [0.1, 0.15) is 81.0 Å². The summed E-state index contributed by atoms with van der Waals surface area (Å²) in [7, 11) is 0. The molecular weight excluding hydrogens is 306 g/mol. The van der Waals surface area contributed by atoms with Gasteiger partial charge in [-0.25, -0.2) is 0 Å². The average Bonchev–Trinajstić information content (AvgIpc) is 3.08. The number of hydrogen-bond acceptors (Lipinski definition) is 4. The first kappa shape index (κ1) is 17.0. The molecule has 0 radical (unpaired) electrons. The monoisotopic (exact) mass is 333 g/mol. The molecule has 2 heterocycles. The van der Waals surface area contributed by atoms with Crippen LogP contribution in [-0.4, -0.2) is 40.5 Å². The number of amides is 2. The summed E-state index contributed by atoms with van der Waals surface area (Å²) in [5.74, 6) is 0.597. The molecule has 1 aromatic rings. The van der Waals surface area contributed by atoms with Crippen LogP contribution in [-0.2, 0) is 4.79 Å². The van der Waals surface area contributed by atoms with Gasteiger partial charge in [0.1, 0.15) is 11.8 Å². The normalized spacial score (nSPS) is 22.9. The molecule has 0 unspecified atom stereocenters. The van der Waals surface area contributed by atoms with Gasteiger partial charge in [-0.1, -0.05) is 38.3 Å². The van der Waals surface area contributed by atoms with Crippen LogP contribution < -0.4 is 5.32 Å². The molecule has 132 valence electrons. The molecular formula is C18H27N3O3. The van der Waals surface area contributed by atoms with Crippen molar-refractivity contribution < 1.29 is 14.1 Å². The second kappa shape index (κ2) is 7.36. The molecule has 2 amide bonds. The maximum atomic E-state index is 12.8. The van der Waals surface area contributed by atoms with E-state index in [1.165, 1.54) is 19.3 Å². The number of aromatic nitrogens is 1. The van der Waals surface area contributed by atoms with Gasteiger partial charge in [-0.2, -0.15) is 0 Å². The Morgan fingerprint density at radius 3 is 2.67 bits per heavy atom. The summed E-state index contributed by atoms with van der Waals surface area (Å²) in [5.41, 5.74) is 0.251. The Balaban J connectivity index is 1.63. The lowest BCUT2D eigenvalue weighted by Gasteiger charge is -2.39. The van der Waals surface area contributed by atoms with Crippen molar-refractivity contribution in [2.75, 3.05) is 6.54 Å². The van der Waals surface area contributed by atoms with E-state index >= 15 is 0 Å². The van der Waals surface area contributed by atoms with Crippen molar-refractivity contribution >= 4 is 11.8 Å². The minimum atomic E-state index is -0.438. The number of rotatable bonds is 4. The molecule has 1 saturated carbocycles.